The van der Waals surface area contributed by atoms with E-state index < -0.39 is 0 Å². The number of benzene rings is 1. The van der Waals surface area contributed by atoms with E-state index in [1.54, 1.807) is 4.68 Å². The van der Waals surface area contributed by atoms with Crippen molar-refractivity contribution in [2.45, 2.75) is 45.7 Å². The van der Waals surface area contributed by atoms with E-state index in [1.165, 1.54) is 31.5 Å². The van der Waals surface area contributed by atoms with E-state index in [0.717, 1.165) is 36.4 Å². The summed E-state index contributed by atoms with van der Waals surface area (Å²) in [5, 5.41) is 4.49. The predicted molar refractivity (Wildman–Crippen MR) is 108 cm³/mol. The Hall–Kier alpha value is -2.34. The Labute approximate surface area is 167 Å². The van der Waals surface area contributed by atoms with Crippen molar-refractivity contribution in [2.24, 2.45) is 7.05 Å². The topological polar surface area (TPSA) is 50.6 Å². The van der Waals surface area contributed by atoms with Crippen molar-refractivity contribution in [1.82, 2.24) is 19.6 Å². The first-order valence-corrected chi connectivity index (χ1v) is 10.4. The average molecular weight is 383 g/mol. The van der Waals surface area contributed by atoms with Crippen molar-refractivity contribution in [3.8, 4) is 5.75 Å². The summed E-state index contributed by atoms with van der Waals surface area (Å²) >= 11 is 0. The number of aromatic nitrogens is 2. The molecule has 0 saturated carbocycles. The number of carbonyl (C=O) groups excluding carboxylic acids is 1. The van der Waals surface area contributed by atoms with Crippen LogP contribution in [0.15, 0.2) is 24.3 Å². The first-order chi connectivity index (χ1) is 13.6. The standard InChI is InChI=1S/C22H30N4O2/c1-3-6-19-14-20(24(2)23-19)22(27)26-11-12-28-21-8-7-17(13-18(21)16-26)15-25-9-4-5-10-25/h7-8,13-14H,3-6,9-12,15-16H2,1-2H3. The Morgan fingerprint density at radius 3 is 2.79 bits per heavy atom. The Morgan fingerprint density at radius 2 is 2.00 bits per heavy atom. The molecule has 0 N–H and O–H groups in total. The molecule has 0 aliphatic carbocycles. The first kappa shape index (κ1) is 19.0. The largest absolute Gasteiger partial charge is 0.491 e. The average Bonchev–Trinajstić information content (AvgIpc) is 3.26. The van der Waals surface area contributed by atoms with Crippen molar-refractivity contribution in [1.29, 1.82) is 0 Å². The molecule has 2 aliphatic rings. The summed E-state index contributed by atoms with van der Waals surface area (Å²) in [7, 11) is 1.85. The summed E-state index contributed by atoms with van der Waals surface area (Å²) in [6.45, 7) is 7.14. The maximum Gasteiger partial charge on any atom is 0.272 e. The van der Waals surface area contributed by atoms with Gasteiger partial charge in [0.2, 0.25) is 0 Å². The van der Waals surface area contributed by atoms with Crippen molar-refractivity contribution < 1.29 is 9.53 Å². The third-order valence-corrected chi connectivity index (χ3v) is 5.65. The molecule has 1 aromatic heterocycles. The van der Waals surface area contributed by atoms with Gasteiger partial charge in [-0.25, -0.2) is 0 Å². The maximum atomic E-state index is 13.2. The smallest absolute Gasteiger partial charge is 0.272 e. The zero-order valence-corrected chi connectivity index (χ0v) is 17.0. The Bertz CT molecular complexity index is 839. The maximum absolute atomic E-state index is 13.2. The summed E-state index contributed by atoms with van der Waals surface area (Å²) in [5.41, 5.74) is 4.02. The van der Waals surface area contributed by atoms with Crippen LogP contribution < -0.4 is 4.74 Å². The molecule has 0 radical (unpaired) electrons. The molecule has 150 valence electrons. The van der Waals surface area contributed by atoms with Crippen LogP contribution in [0.4, 0.5) is 0 Å². The second-order valence-electron chi connectivity index (χ2n) is 7.90. The fourth-order valence-corrected chi connectivity index (χ4v) is 4.19. The highest BCUT2D eigenvalue weighted by atomic mass is 16.5. The Balaban J connectivity index is 1.52. The van der Waals surface area contributed by atoms with E-state index in [2.05, 4.69) is 35.1 Å². The lowest BCUT2D eigenvalue weighted by atomic mass is 10.1. The normalized spacial score (nSPS) is 17.3. The van der Waals surface area contributed by atoms with Crippen molar-refractivity contribution in [2.75, 3.05) is 26.2 Å². The summed E-state index contributed by atoms with van der Waals surface area (Å²) in [4.78, 5) is 17.5. The van der Waals surface area contributed by atoms with E-state index in [1.807, 2.05) is 18.0 Å². The van der Waals surface area contributed by atoms with Crippen LogP contribution >= 0.6 is 0 Å². The van der Waals surface area contributed by atoms with Gasteiger partial charge in [0.1, 0.15) is 18.1 Å². The highest BCUT2D eigenvalue weighted by Gasteiger charge is 2.24. The number of amides is 1. The van der Waals surface area contributed by atoms with Crippen LogP contribution in [-0.2, 0) is 26.6 Å². The minimum absolute atomic E-state index is 0.0266. The van der Waals surface area contributed by atoms with Gasteiger partial charge in [0.15, 0.2) is 0 Å². The van der Waals surface area contributed by atoms with Crippen LogP contribution in [0.2, 0.25) is 0 Å². The molecule has 1 fully saturated rings. The molecular formula is C22H30N4O2. The van der Waals surface area contributed by atoms with Gasteiger partial charge in [0.05, 0.1) is 12.2 Å². The van der Waals surface area contributed by atoms with Gasteiger partial charge in [-0.05, 0) is 56.1 Å². The quantitative estimate of drug-likeness (QED) is 0.798. The van der Waals surface area contributed by atoms with Gasteiger partial charge in [0.25, 0.3) is 5.91 Å². The van der Waals surface area contributed by atoms with E-state index in [4.69, 9.17) is 4.74 Å². The SMILES string of the molecule is CCCc1cc(C(=O)N2CCOc3ccc(CN4CCCC4)cc3C2)n(C)n1. The van der Waals surface area contributed by atoms with E-state index in [-0.39, 0.29) is 5.91 Å². The number of ether oxygens (including phenoxy) is 1. The van der Waals surface area contributed by atoms with Gasteiger partial charge in [-0.3, -0.25) is 14.4 Å². The number of hydrogen-bond donors (Lipinski definition) is 0. The lowest BCUT2D eigenvalue weighted by molar-refractivity contribution is 0.0722. The number of hydrogen-bond acceptors (Lipinski definition) is 4. The second kappa shape index (κ2) is 8.35. The van der Waals surface area contributed by atoms with Crippen LogP contribution in [0.1, 0.15) is 53.5 Å². The van der Waals surface area contributed by atoms with E-state index >= 15 is 0 Å². The van der Waals surface area contributed by atoms with E-state index in [0.29, 0.717) is 25.4 Å². The van der Waals surface area contributed by atoms with Crippen LogP contribution in [0.5, 0.6) is 5.75 Å². The molecule has 1 saturated heterocycles. The van der Waals surface area contributed by atoms with Gasteiger partial charge < -0.3 is 9.64 Å². The van der Waals surface area contributed by atoms with Gasteiger partial charge in [-0.1, -0.05) is 19.4 Å². The molecule has 4 rings (SSSR count). The van der Waals surface area contributed by atoms with Crippen molar-refractivity contribution in [3.63, 3.8) is 0 Å². The van der Waals surface area contributed by atoms with Gasteiger partial charge >= 0.3 is 0 Å². The molecule has 0 spiro atoms. The molecule has 28 heavy (non-hydrogen) atoms. The van der Waals surface area contributed by atoms with Crippen LogP contribution in [-0.4, -0.2) is 51.7 Å². The molecule has 1 aromatic carbocycles. The molecule has 6 heteroatoms. The summed E-state index contributed by atoms with van der Waals surface area (Å²) in [6.07, 6.45) is 4.50. The number of likely N-dealkylation sites (tertiary alicyclic amines) is 1. The van der Waals surface area contributed by atoms with Crippen molar-refractivity contribution in [3.05, 3.63) is 46.8 Å². The highest BCUT2D eigenvalue weighted by Crippen LogP contribution is 2.26. The van der Waals surface area contributed by atoms with Crippen molar-refractivity contribution >= 4 is 5.91 Å². The van der Waals surface area contributed by atoms with Crippen LogP contribution in [0.3, 0.4) is 0 Å². The summed E-state index contributed by atoms with van der Waals surface area (Å²) < 4.78 is 7.65. The number of carbonyl (C=O) groups is 1. The zero-order chi connectivity index (χ0) is 19.5. The lowest BCUT2D eigenvalue weighted by Gasteiger charge is -2.20. The lowest BCUT2D eigenvalue weighted by Crippen LogP contribution is -2.33. The molecule has 0 unspecified atom stereocenters. The first-order valence-electron chi connectivity index (χ1n) is 10.4. The highest BCUT2D eigenvalue weighted by molar-refractivity contribution is 5.92. The van der Waals surface area contributed by atoms with Gasteiger partial charge in [0, 0.05) is 25.7 Å². The minimum atomic E-state index is 0.0266. The van der Waals surface area contributed by atoms with E-state index in [9.17, 15) is 4.79 Å². The minimum Gasteiger partial charge on any atom is -0.491 e. The summed E-state index contributed by atoms with van der Waals surface area (Å²) in [5.74, 6) is 0.927. The number of fused-ring (bicyclic) bond motifs is 1. The number of aryl methyl sites for hydroxylation is 2. The molecular weight excluding hydrogens is 352 g/mol. The van der Waals surface area contributed by atoms with Crippen LogP contribution in [0, 0.1) is 0 Å². The molecule has 1 amide bonds. The summed E-state index contributed by atoms with van der Waals surface area (Å²) in [6, 6.07) is 8.37. The Kier molecular flexibility index (Phi) is 5.67. The fourth-order valence-electron chi connectivity index (χ4n) is 4.19. The monoisotopic (exact) mass is 382 g/mol. The molecule has 0 bridgehead atoms. The fraction of sp³-hybridized carbons (Fsp3) is 0.545. The third kappa shape index (κ3) is 4.07. The Morgan fingerprint density at radius 1 is 1.18 bits per heavy atom. The number of nitrogens with zero attached hydrogens (tertiary/aromatic N) is 4. The number of rotatable bonds is 5. The molecule has 3 heterocycles. The van der Waals surface area contributed by atoms with Gasteiger partial charge in [-0.15, -0.1) is 0 Å². The molecule has 0 atom stereocenters. The molecule has 2 aliphatic heterocycles. The predicted octanol–water partition coefficient (Wildman–Crippen LogP) is 3.00. The molecule has 2 aromatic rings. The third-order valence-electron chi connectivity index (χ3n) is 5.65. The van der Waals surface area contributed by atoms with Crippen LogP contribution in [0.25, 0.3) is 0 Å². The molecule has 6 nitrogen and oxygen atoms in total. The second-order valence-corrected chi connectivity index (χ2v) is 7.90. The van der Waals surface area contributed by atoms with Gasteiger partial charge in [-0.2, -0.15) is 5.10 Å². The zero-order valence-electron chi connectivity index (χ0n) is 17.0.